The highest BCUT2D eigenvalue weighted by Crippen LogP contribution is 2.24. The van der Waals surface area contributed by atoms with Crippen LogP contribution < -0.4 is 15.5 Å². The van der Waals surface area contributed by atoms with E-state index in [4.69, 9.17) is 9.73 Å². The van der Waals surface area contributed by atoms with Gasteiger partial charge in [0.05, 0.1) is 18.2 Å². The van der Waals surface area contributed by atoms with Gasteiger partial charge >= 0.3 is 0 Å². The van der Waals surface area contributed by atoms with Crippen LogP contribution in [0, 0.1) is 0 Å². The van der Waals surface area contributed by atoms with Gasteiger partial charge in [-0.1, -0.05) is 24.3 Å². The molecule has 3 rings (SSSR count). The molecule has 0 radical (unpaired) electrons. The molecule has 0 aliphatic carbocycles. The summed E-state index contributed by atoms with van der Waals surface area (Å²) in [5.74, 6) is 0.907. The van der Waals surface area contributed by atoms with Crippen LogP contribution in [0.3, 0.4) is 0 Å². The summed E-state index contributed by atoms with van der Waals surface area (Å²) in [6, 6.07) is 13.2. The first-order valence-corrected chi connectivity index (χ1v) is 10.6. The standard InChI is InChI=1S/C21H30N4OS.HI/c1-3-22-21(23-15-17-6-4-7-18(14-17)16-26-2)24-19-9-11-25(12-10-19)20-8-5-13-27-20;/h4-8,13-14,19H,3,9-12,15-16H2,1-2H3,(H2,22,23,24);1H. The van der Waals surface area contributed by atoms with Crippen LogP contribution in [0.4, 0.5) is 5.00 Å². The maximum Gasteiger partial charge on any atom is 0.191 e. The zero-order valence-corrected chi connectivity index (χ0v) is 19.8. The highest BCUT2D eigenvalue weighted by molar-refractivity contribution is 14.0. The molecule has 154 valence electrons. The number of piperidine rings is 1. The number of guanidine groups is 1. The van der Waals surface area contributed by atoms with Crippen LogP contribution in [0.5, 0.6) is 0 Å². The van der Waals surface area contributed by atoms with Gasteiger partial charge in [-0.3, -0.25) is 0 Å². The average Bonchev–Trinajstić information content (AvgIpc) is 3.22. The van der Waals surface area contributed by atoms with Gasteiger partial charge in [-0.05, 0) is 48.4 Å². The summed E-state index contributed by atoms with van der Waals surface area (Å²) in [6.07, 6.45) is 2.26. The lowest BCUT2D eigenvalue weighted by molar-refractivity contribution is 0.185. The van der Waals surface area contributed by atoms with Gasteiger partial charge in [0.2, 0.25) is 0 Å². The van der Waals surface area contributed by atoms with Crippen LogP contribution in [0.15, 0.2) is 46.8 Å². The summed E-state index contributed by atoms with van der Waals surface area (Å²) in [7, 11) is 1.72. The Kier molecular flexibility index (Phi) is 10.1. The van der Waals surface area contributed by atoms with Gasteiger partial charge in [0.15, 0.2) is 5.96 Å². The minimum atomic E-state index is 0. The van der Waals surface area contributed by atoms with Gasteiger partial charge in [-0.15, -0.1) is 35.3 Å². The Morgan fingerprint density at radius 2 is 2.00 bits per heavy atom. The van der Waals surface area contributed by atoms with Crippen molar-refractivity contribution in [3.63, 3.8) is 0 Å². The van der Waals surface area contributed by atoms with E-state index in [1.54, 1.807) is 7.11 Å². The fraction of sp³-hybridized carbons (Fsp3) is 0.476. The molecular weight excluding hydrogens is 483 g/mol. The van der Waals surface area contributed by atoms with E-state index in [9.17, 15) is 0 Å². The number of hydrogen-bond acceptors (Lipinski definition) is 4. The number of methoxy groups -OCH3 is 1. The Labute approximate surface area is 189 Å². The zero-order valence-electron chi connectivity index (χ0n) is 16.7. The van der Waals surface area contributed by atoms with E-state index in [1.165, 1.54) is 16.1 Å². The number of thiophene rings is 1. The van der Waals surface area contributed by atoms with Crippen LogP contribution in [0.1, 0.15) is 30.9 Å². The first-order valence-electron chi connectivity index (χ1n) is 9.68. The van der Waals surface area contributed by atoms with Gasteiger partial charge in [0.1, 0.15) is 0 Å². The van der Waals surface area contributed by atoms with E-state index in [2.05, 4.69) is 64.2 Å². The number of hydrogen-bond donors (Lipinski definition) is 2. The third-order valence-corrected chi connectivity index (χ3v) is 5.65. The van der Waals surface area contributed by atoms with Crippen LogP contribution >= 0.6 is 35.3 Å². The second-order valence-corrected chi connectivity index (χ2v) is 7.73. The second kappa shape index (κ2) is 12.3. The van der Waals surface area contributed by atoms with Crippen molar-refractivity contribution in [1.29, 1.82) is 0 Å². The minimum absolute atomic E-state index is 0. The van der Waals surface area contributed by atoms with Crippen molar-refractivity contribution in [1.82, 2.24) is 10.6 Å². The molecule has 28 heavy (non-hydrogen) atoms. The van der Waals surface area contributed by atoms with Gasteiger partial charge in [-0.25, -0.2) is 4.99 Å². The number of benzene rings is 1. The summed E-state index contributed by atoms with van der Waals surface area (Å²) in [4.78, 5) is 7.27. The van der Waals surface area contributed by atoms with E-state index in [1.807, 2.05) is 11.3 Å². The highest BCUT2D eigenvalue weighted by atomic mass is 127. The zero-order chi connectivity index (χ0) is 18.9. The van der Waals surface area contributed by atoms with E-state index in [0.29, 0.717) is 19.2 Å². The minimum Gasteiger partial charge on any atom is -0.380 e. The lowest BCUT2D eigenvalue weighted by Gasteiger charge is -2.33. The first-order chi connectivity index (χ1) is 13.3. The predicted octanol–water partition coefficient (Wildman–Crippen LogP) is 4.24. The molecule has 1 aliphatic heterocycles. The quantitative estimate of drug-likeness (QED) is 0.330. The molecule has 0 spiro atoms. The molecule has 0 unspecified atom stereocenters. The van der Waals surface area contributed by atoms with Crippen LogP contribution in [0.2, 0.25) is 0 Å². The van der Waals surface area contributed by atoms with Crippen molar-refractivity contribution in [3.05, 3.63) is 52.9 Å². The number of nitrogens with one attached hydrogen (secondary N) is 2. The Morgan fingerprint density at radius 3 is 2.68 bits per heavy atom. The van der Waals surface area contributed by atoms with Crippen molar-refractivity contribution >= 4 is 46.3 Å². The molecule has 0 saturated carbocycles. The average molecular weight is 514 g/mol. The molecule has 1 aromatic carbocycles. The fourth-order valence-electron chi connectivity index (χ4n) is 3.36. The molecule has 7 heteroatoms. The van der Waals surface area contributed by atoms with Crippen LogP contribution in [-0.2, 0) is 17.9 Å². The molecule has 2 N–H and O–H groups in total. The van der Waals surface area contributed by atoms with Gasteiger partial charge < -0.3 is 20.3 Å². The molecule has 5 nitrogen and oxygen atoms in total. The molecular formula is C21H31IN4OS. The summed E-state index contributed by atoms with van der Waals surface area (Å²) in [5, 5.41) is 10.5. The number of rotatable bonds is 7. The molecule has 0 amide bonds. The summed E-state index contributed by atoms with van der Waals surface area (Å²) in [6.45, 7) is 6.46. The number of aliphatic imine (C=N–C) groups is 1. The summed E-state index contributed by atoms with van der Waals surface area (Å²) >= 11 is 1.82. The monoisotopic (exact) mass is 514 g/mol. The van der Waals surface area contributed by atoms with E-state index in [-0.39, 0.29) is 24.0 Å². The molecule has 1 aliphatic rings. The molecule has 1 saturated heterocycles. The van der Waals surface area contributed by atoms with Crippen LogP contribution in [0.25, 0.3) is 0 Å². The lowest BCUT2D eigenvalue weighted by Crippen LogP contribution is -2.48. The largest absolute Gasteiger partial charge is 0.380 e. The van der Waals surface area contributed by atoms with E-state index < -0.39 is 0 Å². The number of halogens is 1. The van der Waals surface area contributed by atoms with Crippen molar-refractivity contribution in [2.75, 3.05) is 31.6 Å². The first kappa shape index (κ1) is 23.0. The third kappa shape index (κ3) is 6.93. The summed E-state index contributed by atoms with van der Waals surface area (Å²) in [5.41, 5.74) is 2.39. The lowest BCUT2D eigenvalue weighted by atomic mass is 10.1. The van der Waals surface area contributed by atoms with E-state index in [0.717, 1.165) is 38.4 Å². The molecule has 1 aromatic heterocycles. The van der Waals surface area contributed by atoms with Crippen LogP contribution in [-0.4, -0.2) is 38.7 Å². The number of anilines is 1. The predicted molar refractivity (Wildman–Crippen MR) is 130 cm³/mol. The maximum atomic E-state index is 5.22. The maximum absolute atomic E-state index is 5.22. The van der Waals surface area contributed by atoms with Crippen molar-refractivity contribution < 1.29 is 4.74 Å². The van der Waals surface area contributed by atoms with E-state index >= 15 is 0 Å². The second-order valence-electron chi connectivity index (χ2n) is 6.81. The Hall–Kier alpha value is -1.32. The molecule has 2 heterocycles. The SMILES string of the molecule is CCNC(=NCc1cccc(COC)c1)NC1CCN(c2cccs2)CC1.I. The molecule has 0 atom stereocenters. The number of nitrogens with zero attached hydrogens (tertiary/aromatic N) is 2. The molecule has 0 bridgehead atoms. The summed E-state index contributed by atoms with van der Waals surface area (Å²) < 4.78 is 5.22. The highest BCUT2D eigenvalue weighted by Gasteiger charge is 2.20. The van der Waals surface area contributed by atoms with Gasteiger partial charge in [0, 0.05) is 32.8 Å². The van der Waals surface area contributed by atoms with Gasteiger partial charge in [-0.2, -0.15) is 0 Å². The molecule has 1 fully saturated rings. The fourth-order valence-corrected chi connectivity index (χ4v) is 4.15. The smallest absolute Gasteiger partial charge is 0.191 e. The van der Waals surface area contributed by atoms with Crippen molar-refractivity contribution in [3.8, 4) is 0 Å². The normalized spacial score (nSPS) is 15.2. The molecule has 2 aromatic rings. The topological polar surface area (TPSA) is 48.9 Å². The van der Waals surface area contributed by atoms with Gasteiger partial charge in [0.25, 0.3) is 0 Å². The third-order valence-electron chi connectivity index (χ3n) is 4.72. The Morgan fingerprint density at radius 1 is 1.21 bits per heavy atom. The van der Waals surface area contributed by atoms with Crippen molar-refractivity contribution in [2.24, 2.45) is 4.99 Å². The van der Waals surface area contributed by atoms with Crippen molar-refractivity contribution in [2.45, 2.75) is 39.0 Å². The Balaban J connectivity index is 0.00000280. The Bertz CT molecular complexity index is 715. The number of ether oxygens (including phenoxy) is 1.